The van der Waals surface area contributed by atoms with E-state index in [2.05, 4.69) is 9.97 Å². The van der Waals surface area contributed by atoms with Crippen LogP contribution in [0.2, 0.25) is 10.0 Å². The van der Waals surface area contributed by atoms with E-state index in [0.29, 0.717) is 15.6 Å². The molecular formula is C16H8Cl2N4OS2. The van der Waals surface area contributed by atoms with Crippen molar-refractivity contribution in [3.63, 3.8) is 0 Å². The molecule has 1 amide bonds. The average Bonchev–Trinajstić information content (AvgIpc) is 3.25. The zero-order chi connectivity index (χ0) is 18.0. The topological polar surface area (TPSA) is 92.7 Å². The van der Waals surface area contributed by atoms with Gasteiger partial charge in [-0.3, -0.25) is 14.8 Å². The summed E-state index contributed by atoms with van der Waals surface area (Å²) in [5.41, 5.74) is 7.47. The van der Waals surface area contributed by atoms with Gasteiger partial charge in [-0.05, 0) is 22.9 Å². The van der Waals surface area contributed by atoms with Crippen LogP contribution < -0.4 is 5.73 Å². The third-order valence-corrected chi connectivity index (χ3v) is 6.06. The van der Waals surface area contributed by atoms with Crippen LogP contribution in [0.3, 0.4) is 0 Å². The maximum atomic E-state index is 10.9. The van der Waals surface area contributed by atoms with Crippen molar-refractivity contribution < 1.29 is 4.79 Å². The molecule has 4 rings (SSSR count). The lowest BCUT2D eigenvalue weighted by molar-refractivity contribution is 0.100. The monoisotopic (exact) mass is 406 g/mol. The standard InChI is InChI=1S/C8H5ClN2OS.C8H3ClN2S/c9-6-4(8(10)12)3-11-5-1-2-13-7(5)6;9-7-5(3-10)4-11-6-1-2-12-8(6)7/h1-3H,(H2,10,12);1-2,4H. The molecule has 0 aliphatic rings. The smallest absolute Gasteiger partial charge is 0.251 e. The van der Waals surface area contributed by atoms with Crippen molar-refractivity contribution in [2.24, 2.45) is 5.73 Å². The van der Waals surface area contributed by atoms with Crippen LogP contribution in [0.25, 0.3) is 20.4 Å². The van der Waals surface area contributed by atoms with Crippen LogP contribution in [-0.4, -0.2) is 15.9 Å². The van der Waals surface area contributed by atoms with Crippen molar-refractivity contribution in [3.8, 4) is 6.07 Å². The van der Waals surface area contributed by atoms with E-state index in [4.69, 9.17) is 34.2 Å². The van der Waals surface area contributed by atoms with E-state index in [-0.39, 0.29) is 5.56 Å². The summed E-state index contributed by atoms with van der Waals surface area (Å²) in [6, 6.07) is 5.72. The van der Waals surface area contributed by atoms with Crippen LogP contribution in [-0.2, 0) is 0 Å². The van der Waals surface area contributed by atoms with Crippen molar-refractivity contribution in [2.45, 2.75) is 0 Å². The van der Waals surface area contributed by atoms with Crippen molar-refractivity contribution in [2.75, 3.05) is 0 Å². The molecule has 25 heavy (non-hydrogen) atoms. The molecule has 0 spiro atoms. The zero-order valence-corrected chi connectivity index (χ0v) is 15.5. The fourth-order valence-corrected chi connectivity index (χ4v) is 4.28. The Morgan fingerprint density at radius 2 is 1.60 bits per heavy atom. The Bertz CT molecular complexity index is 1130. The van der Waals surface area contributed by atoms with Crippen LogP contribution in [0.4, 0.5) is 0 Å². The summed E-state index contributed by atoms with van der Waals surface area (Å²) in [5, 5.41) is 13.3. The Morgan fingerprint density at radius 3 is 2.16 bits per heavy atom. The summed E-state index contributed by atoms with van der Waals surface area (Å²) in [4.78, 5) is 19.0. The number of nitrogens with two attached hydrogens (primary N) is 1. The van der Waals surface area contributed by atoms with Gasteiger partial charge < -0.3 is 5.73 Å². The fourth-order valence-electron chi connectivity index (χ4n) is 2.01. The highest BCUT2D eigenvalue weighted by molar-refractivity contribution is 7.18. The number of nitrogens with zero attached hydrogens (tertiary/aromatic N) is 3. The molecule has 0 aliphatic carbocycles. The molecule has 4 heterocycles. The number of halogens is 2. The second kappa shape index (κ2) is 7.33. The van der Waals surface area contributed by atoms with Gasteiger partial charge in [-0.2, -0.15) is 5.26 Å². The number of hydrogen-bond donors (Lipinski definition) is 1. The van der Waals surface area contributed by atoms with E-state index < -0.39 is 5.91 Å². The lowest BCUT2D eigenvalue weighted by atomic mass is 10.2. The molecule has 0 unspecified atom stereocenters. The van der Waals surface area contributed by atoms with Gasteiger partial charge in [0.1, 0.15) is 6.07 Å². The molecule has 5 nitrogen and oxygen atoms in total. The van der Waals surface area contributed by atoms with E-state index in [0.717, 1.165) is 20.4 Å². The number of primary amides is 1. The molecule has 0 aromatic carbocycles. The first kappa shape index (κ1) is 17.6. The largest absolute Gasteiger partial charge is 0.366 e. The number of fused-ring (bicyclic) bond motifs is 2. The van der Waals surface area contributed by atoms with E-state index in [1.807, 2.05) is 29.0 Å². The first-order chi connectivity index (χ1) is 12.0. The Kier molecular flexibility index (Phi) is 5.16. The predicted molar refractivity (Wildman–Crippen MR) is 102 cm³/mol. The fraction of sp³-hybridized carbons (Fsp3) is 0. The molecule has 124 valence electrons. The highest BCUT2D eigenvalue weighted by Gasteiger charge is 2.11. The molecule has 0 bridgehead atoms. The normalized spacial score (nSPS) is 10.3. The van der Waals surface area contributed by atoms with E-state index in [9.17, 15) is 4.79 Å². The van der Waals surface area contributed by atoms with Gasteiger partial charge in [0, 0.05) is 12.4 Å². The lowest BCUT2D eigenvalue weighted by Gasteiger charge is -1.98. The molecule has 0 fully saturated rings. The Hall–Kier alpha value is -2.24. The molecule has 4 aromatic heterocycles. The minimum atomic E-state index is -0.548. The first-order valence-corrected chi connectivity index (χ1v) is 9.27. The Morgan fingerprint density at radius 1 is 1.04 bits per heavy atom. The van der Waals surface area contributed by atoms with Crippen molar-refractivity contribution in [1.29, 1.82) is 5.26 Å². The van der Waals surface area contributed by atoms with E-state index in [1.165, 1.54) is 35.1 Å². The summed E-state index contributed by atoms with van der Waals surface area (Å²) < 4.78 is 1.69. The molecule has 0 aliphatic heterocycles. The van der Waals surface area contributed by atoms with Gasteiger partial charge in [0.2, 0.25) is 0 Å². The highest BCUT2D eigenvalue weighted by Crippen LogP contribution is 2.30. The Balaban J connectivity index is 0.000000146. The molecule has 2 N–H and O–H groups in total. The molecule has 0 saturated heterocycles. The van der Waals surface area contributed by atoms with Crippen LogP contribution in [0.5, 0.6) is 0 Å². The zero-order valence-electron chi connectivity index (χ0n) is 12.4. The number of rotatable bonds is 1. The minimum absolute atomic E-state index is 0.275. The van der Waals surface area contributed by atoms with Gasteiger partial charge >= 0.3 is 0 Å². The van der Waals surface area contributed by atoms with Crippen LogP contribution in [0.1, 0.15) is 15.9 Å². The third-order valence-electron chi connectivity index (χ3n) is 3.21. The molecule has 0 atom stereocenters. The van der Waals surface area contributed by atoms with Gasteiger partial charge in [0.25, 0.3) is 5.91 Å². The number of pyridine rings is 2. The molecule has 9 heteroatoms. The first-order valence-electron chi connectivity index (χ1n) is 6.76. The molecule has 0 radical (unpaired) electrons. The maximum Gasteiger partial charge on any atom is 0.251 e. The second-order valence-electron chi connectivity index (χ2n) is 4.72. The number of aromatic nitrogens is 2. The molecule has 0 saturated carbocycles. The molecule has 4 aromatic rings. The second-order valence-corrected chi connectivity index (χ2v) is 7.31. The maximum absolute atomic E-state index is 10.9. The third kappa shape index (κ3) is 3.43. The van der Waals surface area contributed by atoms with Crippen molar-refractivity contribution >= 4 is 72.2 Å². The van der Waals surface area contributed by atoms with Crippen LogP contribution >= 0.6 is 45.9 Å². The van der Waals surface area contributed by atoms with Crippen molar-refractivity contribution in [3.05, 3.63) is 56.5 Å². The number of thiophene rings is 2. The minimum Gasteiger partial charge on any atom is -0.366 e. The number of carbonyl (C=O) groups is 1. The van der Waals surface area contributed by atoms with Gasteiger partial charge in [0.05, 0.1) is 41.6 Å². The highest BCUT2D eigenvalue weighted by atomic mass is 35.5. The number of amides is 1. The van der Waals surface area contributed by atoms with Gasteiger partial charge in [-0.1, -0.05) is 23.2 Å². The summed E-state index contributed by atoms with van der Waals surface area (Å²) >= 11 is 14.8. The van der Waals surface area contributed by atoms with Crippen LogP contribution in [0, 0.1) is 11.3 Å². The quantitative estimate of drug-likeness (QED) is 0.487. The van der Waals surface area contributed by atoms with Gasteiger partial charge in [-0.25, -0.2) is 0 Å². The SMILES string of the molecule is N#Cc1cnc2ccsc2c1Cl.NC(=O)c1cnc2ccsc2c1Cl. The summed E-state index contributed by atoms with van der Waals surface area (Å²) in [6.07, 6.45) is 2.90. The number of hydrogen-bond acceptors (Lipinski definition) is 6. The van der Waals surface area contributed by atoms with E-state index >= 15 is 0 Å². The molecular weight excluding hydrogens is 399 g/mol. The van der Waals surface area contributed by atoms with Gasteiger partial charge in [0.15, 0.2) is 0 Å². The Labute approximate surface area is 160 Å². The predicted octanol–water partition coefficient (Wildman–Crippen LogP) is 4.87. The lowest BCUT2D eigenvalue weighted by Crippen LogP contribution is -2.11. The average molecular weight is 407 g/mol. The number of nitriles is 1. The van der Waals surface area contributed by atoms with E-state index in [1.54, 1.807) is 0 Å². The summed E-state index contributed by atoms with van der Waals surface area (Å²) in [5.74, 6) is -0.548. The van der Waals surface area contributed by atoms with Crippen molar-refractivity contribution in [1.82, 2.24) is 9.97 Å². The number of carbonyl (C=O) groups excluding carboxylic acids is 1. The summed E-state index contributed by atoms with van der Waals surface area (Å²) in [6.45, 7) is 0. The summed E-state index contributed by atoms with van der Waals surface area (Å²) in [7, 11) is 0. The van der Waals surface area contributed by atoms with Gasteiger partial charge in [-0.15, -0.1) is 22.7 Å². The van der Waals surface area contributed by atoms with Crippen LogP contribution in [0.15, 0.2) is 35.3 Å².